The standard InChI is InChI=1S/C26H24ClNO5S/c27-22-13-11-20(12-14-22)24(29)19-33-25(30)26(21-7-3-1-4-8-21)15-17-28(18-16-26)34(31,32)23-9-5-2-6-10-23/h1-14H,15-19H2. The van der Waals surface area contributed by atoms with Gasteiger partial charge in [0, 0.05) is 23.7 Å². The number of ketones is 1. The number of halogens is 1. The van der Waals surface area contributed by atoms with Crippen molar-refractivity contribution in [1.29, 1.82) is 0 Å². The summed E-state index contributed by atoms with van der Waals surface area (Å²) in [5.41, 5.74) is 0.106. The van der Waals surface area contributed by atoms with Crippen molar-refractivity contribution >= 4 is 33.4 Å². The largest absolute Gasteiger partial charge is 0.457 e. The SMILES string of the molecule is O=C(COC(=O)C1(c2ccccc2)CCN(S(=O)(=O)c2ccccc2)CC1)c1ccc(Cl)cc1. The quantitative estimate of drug-likeness (QED) is 0.355. The smallest absolute Gasteiger partial charge is 0.317 e. The molecular formula is C26H24ClNO5S. The summed E-state index contributed by atoms with van der Waals surface area (Å²) in [4.78, 5) is 26.1. The van der Waals surface area contributed by atoms with Gasteiger partial charge >= 0.3 is 5.97 Å². The molecule has 1 fully saturated rings. The molecule has 1 aliphatic heterocycles. The Balaban J connectivity index is 1.52. The molecule has 34 heavy (non-hydrogen) atoms. The van der Waals surface area contributed by atoms with Gasteiger partial charge in [0.2, 0.25) is 10.0 Å². The molecule has 0 N–H and O–H groups in total. The molecule has 0 radical (unpaired) electrons. The predicted octanol–water partition coefficient (Wildman–Crippen LogP) is 4.49. The minimum absolute atomic E-state index is 0.159. The first kappa shape index (κ1) is 24.1. The molecule has 0 aliphatic carbocycles. The van der Waals surface area contributed by atoms with Crippen molar-refractivity contribution in [3.05, 3.63) is 101 Å². The van der Waals surface area contributed by atoms with Gasteiger partial charge in [-0.25, -0.2) is 8.42 Å². The summed E-state index contributed by atoms with van der Waals surface area (Å²) in [6.07, 6.45) is 0.494. The number of benzene rings is 3. The lowest BCUT2D eigenvalue weighted by Crippen LogP contribution is -2.49. The number of piperidine rings is 1. The lowest BCUT2D eigenvalue weighted by Gasteiger charge is -2.39. The fourth-order valence-corrected chi connectivity index (χ4v) is 5.79. The first-order chi connectivity index (χ1) is 16.3. The molecule has 0 spiro atoms. The number of sulfonamides is 1. The minimum Gasteiger partial charge on any atom is -0.457 e. The summed E-state index contributed by atoms with van der Waals surface area (Å²) in [6.45, 7) is -0.0835. The molecule has 3 aromatic carbocycles. The van der Waals surface area contributed by atoms with Gasteiger partial charge in [0.25, 0.3) is 0 Å². The molecule has 1 aliphatic rings. The molecule has 1 heterocycles. The fraction of sp³-hybridized carbons (Fsp3) is 0.231. The van der Waals surface area contributed by atoms with Crippen LogP contribution in [-0.2, 0) is 25.0 Å². The normalized spacial score (nSPS) is 16.0. The summed E-state index contributed by atoms with van der Waals surface area (Å²) in [5.74, 6) is -0.866. The molecule has 0 saturated carbocycles. The molecule has 8 heteroatoms. The van der Waals surface area contributed by atoms with Crippen molar-refractivity contribution in [3.8, 4) is 0 Å². The second kappa shape index (κ2) is 10.1. The van der Waals surface area contributed by atoms with Crippen LogP contribution < -0.4 is 0 Å². The zero-order chi connectivity index (χ0) is 24.2. The van der Waals surface area contributed by atoms with E-state index in [-0.39, 0.29) is 36.6 Å². The average molecular weight is 498 g/mol. The lowest BCUT2D eigenvalue weighted by molar-refractivity contribution is -0.151. The Morgan fingerprint density at radius 1 is 0.853 bits per heavy atom. The van der Waals surface area contributed by atoms with E-state index in [9.17, 15) is 18.0 Å². The molecule has 4 rings (SSSR count). The van der Waals surface area contributed by atoms with E-state index in [1.807, 2.05) is 30.3 Å². The lowest BCUT2D eigenvalue weighted by atomic mass is 9.73. The number of carbonyl (C=O) groups excluding carboxylic acids is 2. The zero-order valence-electron chi connectivity index (χ0n) is 18.4. The van der Waals surface area contributed by atoms with Gasteiger partial charge in [-0.15, -0.1) is 0 Å². The van der Waals surface area contributed by atoms with Crippen molar-refractivity contribution in [2.75, 3.05) is 19.7 Å². The van der Waals surface area contributed by atoms with Crippen LogP contribution in [-0.4, -0.2) is 44.2 Å². The van der Waals surface area contributed by atoms with Gasteiger partial charge in [-0.1, -0.05) is 60.1 Å². The highest BCUT2D eigenvalue weighted by Crippen LogP contribution is 2.38. The second-order valence-corrected chi connectivity index (χ2v) is 10.5. The first-order valence-electron chi connectivity index (χ1n) is 10.9. The van der Waals surface area contributed by atoms with Crippen LogP contribution >= 0.6 is 11.6 Å². The monoisotopic (exact) mass is 497 g/mol. The number of ether oxygens (including phenoxy) is 1. The molecule has 6 nitrogen and oxygen atoms in total. The van der Waals surface area contributed by atoms with Crippen molar-refractivity contribution in [1.82, 2.24) is 4.31 Å². The topological polar surface area (TPSA) is 80.8 Å². The van der Waals surface area contributed by atoms with Crippen LogP contribution in [0.5, 0.6) is 0 Å². The van der Waals surface area contributed by atoms with Crippen LogP contribution in [0.4, 0.5) is 0 Å². The minimum atomic E-state index is -3.67. The van der Waals surface area contributed by atoms with Crippen LogP contribution in [0.3, 0.4) is 0 Å². The van der Waals surface area contributed by atoms with Gasteiger partial charge in [0.1, 0.15) is 0 Å². The van der Waals surface area contributed by atoms with Crippen LogP contribution in [0.2, 0.25) is 5.02 Å². The maximum absolute atomic E-state index is 13.4. The fourth-order valence-electron chi connectivity index (χ4n) is 4.21. The van der Waals surface area contributed by atoms with E-state index in [1.165, 1.54) is 4.31 Å². The number of hydrogen-bond donors (Lipinski definition) is 0. The highest BCUT2D eigenvalue weighted by molar-refractivity contribution is 7.89. The van der Waals surface area contributed by atoms with E-state index in [4.69, 9.17) is 16.3 Å². The first-order valence-corrected chi connectivity index (χ1v) is 12.7. The van der Waals surface area contributed by atoms with Crippen LogP contribution in [0, 0.1) is 0 Å². The van der Waals surface area contributed by atoms with Crippen LogP contribution in [0.25, 0.3) is 0 Å². The summed E-state index contributed by atoms with van der Waals surface area (Å²) >= 11 is 5.87. The number of carbonyl (C=O) groups is 2. The van der Waals surface area contributed by atoms with Crippen molar-refractivity contribution in [2.24, 2.45) is 0 Å². The Hall–Kier alpha value is -3.00. The number of rotatable bonds is 7. The molecule has 0 unspecified atom stereocenters. The van der Waals surface area contributed by atoms with E-state index < -0.39 is 28.0 Å². The Labute approximate surface area is 204 Å². The highest BCUT2D eigenvalue weighted by Gasteiger charge is 2.46. The number of esters is 1. The van der Waals surface area contributed by atoms with Crippen molar-refractivity contribution < 1.29 is 22.7 Å². The van der Waals surface area contributed by atoms with E-state index in [0.29, 0.717) is 10.6 Å². The van der Waals surface area contributed by atoms with Crippen molar-refractivity contribution in [2.45, 2.75) is 23.2 Å². The van der Waals surface area contributed by atoms with E-state index in [1.54, 1.807) is 54.6 Å². The molecule has 0 aromatic heterocycles. The Morgan fingerprint density at radius 3 is 2.00 bits per heavy atom. The van der Waals surface area contributed by atoms with E-state index in [2.05, 4.69) is 0 Å². The summed E-state index contributed by atoms with van der Waals surface area (Å²) in [5, 5.41) is 0.508. The number of Topliss-reactive ketones (excluding diaryl/α,β-unsaturated/α-hetero) is 1. The molecule has 0 atom stereocenters. The van der Waals surface area contributed by atoms with Gasteiger partial charge in [-0.05, 0) is 54.8 Å². The summed E-state index contributed by atoms with van der Waals surface area (Å²) in [7, 11) is -3.67. The molecule has 0 bridgehead atoms. The number of nitrogens with zero attached hydrogens (tertiary/aromatic N) is 1. The third-order valence-electron chi connectivity index (χ3n) is 6.17. The van der Waals surface area contributed by atoms with Gasteiger partial charge in [0.05, 0.1) is 10.3 Å². The maximum atomic E-state index is 13.4. The summed E-state index contributed by atoms with van der Waals surface area (Å²) < 4.78 is 33.0. The van der Waals surface area contributed by atoms with Crippen LogP contribution in [0.1, 0.15) is 28.8 Å². The van der Waals surface area contributed by atoms with Gasteiger partial charge in [0.15, 0.2) is 12.4 Å². The summed E-state index contributed by atoms with van der Waals surface area (Å²) in [6, 6.07) is 23.8. The van der Waals surface area contributed by atoms with Gasteiger partial charge in [-0.2, -0.15) is 4.31 Å². The van der Waals surface area contributed by atoms with Crippen molar-refractivity contribution in [3.63, 3.8) is 0 Å². The maximum Gasteiger partial charge on any atom is 0.317 e. The van der Waals surface area contributed by atoms with Gasteiger partial charge < -0.3 is 4.74 Å². The Morgan fingerprint density at radius 2 is 1.41 bits per heavy atom. The predicted molar refractivity (Wildman–Crippen MR) is 129 cm³/mol. The van der Waals surface area contributed by atoms with E-state index >= 15 is 0 Å². The third-order valence-corrected chi connectivity index (χ3v) is 8.34. The molecule has 176 valence electrons. The Bertz CT molecular complexity index is 1250. The highest BCUT2D eigenvalue weighted by atomic mass is 35.5. The second-order valence-electron chi connectivity index (χ2n) is 8.17. The number of hydrogen-bond acceptors (Lipinski definition) is 5. The van der Waals surface area contributed by atoms with Gasteiger partial charge in [-0.3, -0.25) is 9.59 Å². The molecule has 0 amide bonds. The molecule has 3 aromatic rings. The average Bonchev–Trinajstić information content (AvgIpc) is 2.88. The third kappa shape index (κ3) is 4.92. The Kier molecular flexibility index (Phi) is 7.16. The molecular weight excluding hydrogens is 474 g/mol. The molecule has 1 saturated heterocycles. The zero-order valence-corrected chi connectivity index (χ0v) is 20.0. The van der Waals surface area contributed by atoms with Crippen LogP contribution in [0.15, 0.2) is 89.8 Å². The van der Waals surface area contributed by atoms with E-state index in [0.717, 1.165) is 5.56 Å².